The van der Waals surface area contributed by atoms with Gasteiger partial charge in [0.15, 0.2) is 0 Å². The number of hydrogen-bond donors (Lipinski definition) is 0. The van der Waals surface area contributed by atoms with E-state index < -0.39 is 0 Å². The van der Waals surface area contributed by atoms with E-state index in [-0.39, 0.29) is 5.41 Å². The lowest BCUT2D eigenvalue weighted by atomic mass is 9.70. The number of rotatable bonds is 2. The van der Waals surface area contributed by atoms with Crippen molar-refractivity contribution in [3.63, 3.8) is 0 Å². The van der Waals surface area contributed by atoms with Crippen molar-refractivity contribution in [1.82, 2.24) is 4.57 Å². The van der Waals surface area contributed by atoms with Gasteiger partial charge in [0.05, 0.1) is 16.4 Å². The first-order chi connectivity index (χ1) is 21.9. The lowest BCUT2D eigenvalue weighted by Gasteiger charge is -2.30. The minimum absolute atomic E-state index is 0.355. The first kappa shape index (κ1) is 23.9. The summed E-state index contributed by atoms with van der Waals surface area (Å²) in [5.74, 6) is 0. The molecule has 1 heteroatoms. The van der Waals surface area contributed by atoms with Crippen LogP contribution >= 0.6 is 0 Å². The summed E-state index contributed by atoms with van der Waals surface area (Å²) in [7, 11) is 0. The average Bonchev–Trinajstić information content (AvgIpc) is 3.71. The monoisotopic (exact) mass is 557 g/mol. The molecule has 0 fully saturated rings. The van der Waals surface area contributed by atoms with Crippen LogP contribution in [0.5, 0.6) is 0 Å². The molecule has 10 rings (SSSR count). The molecule has 2 aliphatic carbocycles. The number of nitrogens with zero attached hydrogens (tertiary/aromatic N) is 1. The van der Waals surface area contributed by atoms with Crippen molar-refractivity contribution in [1.29, 1.82) is 0 Å². The van der Waals surface area contributed by atoms with E-state index in [4.69, 9.17) is 0 Å². The van der Waals surface area contributed by atoms with Crippen LogP contribution in [-0.2, 0) is 5.41 Å². The molecule has 44 heavy (non-hydrogen) atoms. The Morgan fingerprint density at radius 2 is 0.909 bits per heavy atom. The molecule has 204 valence electrons. The van der Waals surface area contributed by atoms with Gasteiger partial charge in [0.2, 0.25) is 0 Å². The third-order valence-corrected chi connectivity index (χ3v) is 10.0. The largest absolute Gasteiger partial charge is 0.309 e. The second-order valence-corrected chi connectivity index (χ2v) is 12.0. The molecule has 7 aromatic carbocycles. The molecule has 0 saturated carbocycles. The van der Waals surface area contributed by atoms with E-state index in [0.29, 0.717) is 0 Å². The van der Waals surface area contributed by atoms with Crippen LogP contribution in [-0.4, -0.2) is 4.57 Å². The Morgan fingerprint density at radius 1 is 0.364 bits per heavy atom. The van der Waals surface area contributed by atoms with E-state index in [2.05, 4.69) is 168 Å². The Hall–Kier alpha value is -5.66. The van der Waals surface area contributed by atoms with Crippen molar-refractivity contribution >= 4 is 21.8 Å². The summed E-state index contributed by atoms with van der Waals surface area (Å²) in [6.07, 6.45) is 0. The summed E-state index contributed by atoms with van der Waals surface area (Å²) in [4.78, 5) is 0. The number of aromatic nitrogens is 1. The van der Waals surface area contributed by atoms with Crippen molar-refractivity contribution in [2.45, 2.75) is 5.41 Å². The van der Waals surface area contributed by atoms with Crippen LogP contribution in [0.2, 0.25) is 0 Å². The predicted octanol–water partition coefficient (Wildman–Crippen LogP) is 10.8. The third kappa shape index (κ3) is 2.89. The number of fused-ring (bicyclic) bond motifs is 14. The molecule has 0 saturated heterocycles. The van der Waals surface area contributed by atoms with Crippen LogP contribution in [0.1, 0.15) is 22.3 Å². The van der Waals surface area contributed by atoms with Gasteiger partial charge in [-0.2, -0.15) is 0 Å². The van der Waals surface area contributed by atoms with Crippen molar-refractivity contribution in [2.24, 2.45) is 0 Å². The van der Waals surface area contributed by atoms with Gasteiger partial charge < -0.3 is 4.57 Å². The van der Waals surface area contributed by atoms with Gasteiger partial charge in [0.25, 0.3) is 0 Å². The molecule has 0 amide bonds. The summed E-state index contributed by atoms with van der Waals surface area (Å²) in [5, 5.41) is 2.57. The Morgan fingerprint density at radius 3 is 1.61 bits per heavy atom. The van der Waals surface area contributed by atoms with Gasteiger partial charge in [0.1, 0.15) is 0 Å². The maximum Gasteiger partial charge on any atom is 0.0726 e. The molecule has 0 aliphatic heterocycles. The molecular formula is C43H27N. The van der Waals surface area contributed by atoms with E-state index in [1.807, 2.05) is 0 Å². The molecule has 0 unspecified atom stereocenters. The normalized spacial score (nSPS) is 13.6. The van der Waals surface area contributed by atoms with Gasteiger partial charge in [0, 0.05) is 22.0 Å². The lowest BCUT2D eigenvalue weighted by Crippen LogP contribution is -2.25. The summed E-state index contributed by atoms with van der Waals surface area (Å²) in [6, 6.07) is 60.6. The topological polar surface area (TPSA) is 4.93 Å². The Kier molecular flexibility index (Phi) is 4.71. The number of para-hydroxylation sites is 1. The van der Waals surface area contributed by atoms with Gasteiger partial charge in [-0.3, -0.25) is 0 Å². The second kappa shape index (κ2) is 8.69. The molecule has 1 heterocycles. The van der Waals surface area contributed by atoms with Crippen molar-refractivity contribution in [3.05, 3.63) is 186 Å². The molecule has 0 bridgehead atoms. The molecule has 0 radical (unpaired) electrons. The van der Waals surface area contributed by atoms with E-state index in [9.17, 15) is 0 Å². The van der Waals surface area contributed by atoms with Crippen LogP contribution in [0.4, 0.5) is 0 Å². The standard InChI is InChI=1S/C43H27N/c1-2-12-28(13-3-1)29-22-24-30(25-23-29)44-40-21-11-7-16-33(40)34-26-27-39-41(42(34)44)35-17-6-10-20-38(35)43(39)36-18-8-4-14-31(36)32-15-5-9-19-37(32)43/h1-27H. The molecule has 2 aliphatic rings. The van der Waals surface area contributed by atoms with Gasteiger partial charge in [-0.25, -0.2) is 0 Å². The molecule has 1 aromatic heterocycles. The molecular weight excluding hydrogens is 530 g/mol. The highest BCUT2D eigenvalue weighted by Crippen LogP contribution is 2.64. The van der Waals surface area contributed by atoms with E-state index in [0.717, 1.165) is 0 Å². The Bertz CT molecular complexity index is 2380. The summed E-state index contributed by atoms with van der Waals surface area (Å²) in [5.41, 5.74) is 16.6. The SMILES string of the molecule is c1ccc(-c2ccc(-n3c4ccccc4c4ccc5c(c43)-c3ccccc3C53c4ccccc4-c4ccccc43)cc2)cc1. The zero-order valence-electron chi connectivity index (χ0n) is 24.0. The van der Waals surface area contributed by atoms with E-state index >= 15 is 0 Å². The zero-order valence-corrected chi connectivity index (χ0v) is 24.0. The minimum atomic E-state index is -0.355. The summed E-state index contributed by atoms with van der Waals surface area (Å²) in [6.45, 7) is 0. The van der Waals surface area contributed by atoms with E-state index in [1.165, 1.54) is 83.1 Å². The molecule has 0 atom stereocenters. The van der Waals surface area contributed by atoms with Crippen LogP contribution < -0.4 is 0 Å². The fourth-order valence-corrected chi connectivity index (χ4v) is 8.33. The first-order valence-electron chi connectivity index (χ1n) is 15.4. The van der Waals surface area contributed by atoms with Crippen LogP contribution in [0.25, 0.3) is 60.9 Å². The molecule has 8 aromatic rings. The van der Waals surface area contributed by atoms with Crippen molar-refractivity contribution < 1.29 is 0 Å². The van der Waals surface area contributed by atoms with Crippen LogP contribution in [0.3, 0.4) is 0 Å². The second-order valence-electron chi connectivity index (χ2n) is 12.0. The van der Waals surface area contributed by atoms with Crippen molar-refractivity contribution in [3.8, 4) is 39.1 Å². The minimum Gasteiger partial charge on any atom is -0.309 e. The summed E-state index contributed by atoms with van der Waals surface area (Å²) < 4.78 is 2.50. The highest BCUT2D eigenvalue weighted by atomic mass is 15.0. The zero-order chi connectivity index (χ0) is 28.8. The van der Waals surface area contributed by atoms with E-state index in [1.54, 1.807) is 0 Å². The maximum absolute atomic E-state index is 2.50. The average molecular weight is 558 g/mol. The predicted molar refractivity (Wildman–Crippen MR) is 183 cm³/mol. The van der Waals surface area contributed by atoms with Gasteiger partial charge in [-0.05, 0) is 68.3 Å². The Labute approximate surface area is 256 Å². The van der Waals surface area contributed by atoms with Gasteiger partial charge in [-0.1, -0.05) is 146 Å². The fourth-order valence-electron chi connectivity index (χ4n) is 8.33. The lowest BCUT2D eigenvalue weighted by molar-refractivity contribution is 0.794. The summed E-state index contributed by atoms with van der Waals surface area (Å²) >= 11 is 0. The first-order valence-corrected chi connectivity index (χ1v) is 15.4. The van der Waals surface area contributed by atoms with Crippen LogP contribution in [0.15, 0.2) is 164 Å². The quantitative estimate of drug-likeness (QED) is 0.199. The van der Waals surface area contributed by atoms with Gasteiger partial charge in [-0.15, -0.1) is 0 Å². The molecule has 0 N–H and O–H groups in total. The van der Waals surface area contributed by atoms with Crippen LogP contribution in [0, 0.1) is 0 Å². The smallest absolute Gasteiger partial charge is 0.0726 e. The number of hydrogen-bond acceptors (Lipinski definition) is 0. The molecule has 1 spiro atoms. The fraction of sp³-hybridized carbons (Fsp3) is 0.0233. The van der Waals surface area contributed by atoms with Gasteiger partial charge >= 0.3 is 0 Å². The maximum atomic E-state index is 2.50. The number of benzene rings is 7. The van der Waals surface area contributed by atoms with Crippen molar-refractivity contribution in [2.75, 3.05) is 0 Å². The Balaban J connectivity index is 1.34. The highest BCUT2D eigenvalue weighted by molar-refractivity contribution is 6.16. The highest BCUT2D eigenvalue weighted by Gasteiger charge is 2.52. The molecule has 1 nitrogen and oxygen atoms in total. The third-order valence-electron chi connectivity index (χ3n) is 10.0.